The summed E-state index contributed by atoms with van der Waals surface area (Å²) in [5, 5.41) is 0.975. The Bertz CT molecular complexity index is 3030. The Hall–Kier alpha value is -8.51. The number of benzene rings is 10. The molecule has 11 aromatic rings. The molecule has 0 radical (unpaired) electrons. The van der Waals surface area contributed by atoms with E-state index in [0.29, 0.717) is 0 Å². The van der Waals surface area contributed by atoms with Gasteiger partial charge >= 0.3 is 0 Å². The van der Waals surface area contributed by atoms with Gasteiger partial charge in [0, 0.05) is 67.9 Å². The highest BCUT2D eigenvalue weighted by Crippen LogP contribution is 2.44. The first-order chi connectivity index (χ1) is 32.7. The average Bonchev–Trinajstić information content (AvgIpc) is 3.85. The van der Waals surface area contributed by atoms with Crippen LogP contribution in [0.15, 0.2) is 267 Å². The SMILES string of the molecule is c1ccc(N(c2ccccc2)c2ccc(-c3nc4c(-c5ccc(N(c6ccccc6)c6ccccc6)cc5)ccc(-c5ccc(N(c6ccccc6)c6ccccc6)cc5)c4s3)cc2)cc1. The van der Waals surface area contributed by atoms with Gasteiger partial charge in [0.1, 0.15) is 5.01 Å². The lowest BCUT2D eigenvalue weighted by Crippen LogP contribution is -2.09. The van der Waals surface area contributed by atoms with Gasteiger partial charge in [0.15, 0.2) is 0 Å². The van der Waals surface area contributed by atoms with E-state index in [-0.39, 0.29) is 0 Å². The highest BCUT2D eigenvalue weighted by molar-refractivity contribution is 7.22. The van der Waals surface area contributed by atoms with Gasteiger partial charge < -0.3 is 14.7 Å². The largest absolute Gasteiger partial charge is 0.311 e. The van der Waals surface area contributed by atoms with Crippen LogP contribution in [0.5, 0.6) is 0 Å². The van der Waals surface area contributed by atoms with Crippen LogP contribution in [0.3, 0.4) is 0 Å². The van der Waals surface area contributed by atoms with Gasteiger partial charge in [-0.3, -0.25) is 0 Å². The number of aromatic nitrogens is 1. The van der Waals surface area contributed by atoms with Crippen molar-refractivity contribution in [3.8, 4) is 32.8 Å². The molecule has 0 aliphatic carbocycles. The highest BCUT2D eigenvalue weighted by Gasteiger charge is 2.20. The van der Waals surface area contributed by atoms with Gasteiger partial charge in [-0.2, -0.15) is 0 Å². The van der Waals surface area contributed by atoms with E-state index in [2.05, 4.69) is 282 Å². The summed E-state index contributed by atoms with van der Waals surface area (Å²) in [6.45, 7) is 0. The third-order valence-electron chi connectivity index (χ3n) is 11.9. The normalized spacial score (nSPS) is 11.0. The molecule has 5 heteroatoms. The van der Waals surface area contributed by atoms with Gasteiger partial charge in [0.25, 0.3) is 0 Å². The number of rotatable bonds is 12. The Labute approximate surface area is 390 Å². The van der Waals surface area contributed by atoms with Crippen LogP contribution in [-0.2, 0) is 0 Å². The molecule has 0 N–H and O–H groups in total. The van der Waals surface area contributed by atoms with Gasteiger partial charge in [0.05, 0.1) is 10.2 Å². The second kappa shape index (κ2) is 18.3. The lowest BCUT2D eigenvalue weighted by Gasteiger charge is -2.25. The molecule has 1 heterocycles. The summed E-state index contributed by atoms with van der Waals surface area (Å²) >= 11 is 1.75. The predicted molar refractivity (Wildman–Crippen MR) is 280 cm³/mol. The number of hydrogen-bond acceptors (Lipinski definition) is 5. The summed E-state index contributed by atoms with van der Waals surface area (Å²) in [5.74, 6) is 0. The van der Waals surface area contributed by atoms with Crippen LogP contribution in [0.1, 0.15) is 0 Å². The summed E-state index contributed by atoms with van der Waals surface area (Å²) in [5.41, 5.74) is 16.5. The lowest BCUT2D eigenvalue weighted by molar-refractivity contribution is 1.28. The number of thiazole rings is 1. The van der Waals surface area contributed by atoms with Crippen LogP contribution in [0.4, 0.5) is 51.2 Å². The molecular formula is C61H44N4S. The predicted octanol–water partition coefficient (Wildman–Crippen LogP) is 17.7. The van der Waals surface area contributed by atoms with Gasteiger partial charge in [-0.05, 0) is 132 Å². The smallest absolute Gasteiger partial charge is 0.124 e. The van der Waals surface area contributed by atoms with E-state index in [9.17, 15) is 0 Å². The number of para-hydroxylation sites is 6. The second-order valence-corrected chi connectivity index (χ2v) is 17.0. The minimum absolute atomic E-state index is 0.975. The molecule has 0 atom stereocenters. The molecule has 0 unspecified atom stereocenters. The Kier molecular flexibility index (Phi) is 11.2. The molecule has 0 saturated carbocycles. The Balaban J connectivity index is 1.00. The zero-order chi connectivity index (χ0) is 44.1. The van der Waals surface area contributed by atoms with Crippen molar-refractivity contribution < 1.29 is 0 Å². The number of hydrogen-bond donors (Lipinski definition) is 0. The number of nitrogens with zero attached hydrogens (tertiary/aromatic N) is 4. The van der Waals surface area contributed by atoms with Crippen molar-refractivity contribution >= 4 is 72.7 Å². The molecule has 0 fully saturated rings. The quantitative estimate of drug-likeness (QED) is 0.122. The molecule has 11 rings (SSSR count). The van der Waals surface area contributed by atoms with Gasteiger partial charge in [0.2, 0.25) is 0 Å². The van der Waals surface area contributed by atoms with Gasteiger partial charge in [-0.25, -0.2) is 4.98 Å². The molecule has 314 valence electrons. The summed E-state index contributed by atoms with van der Waals surface area (Å²) in [7, 11) is 0. The first-order valence-corrected chi connectivity index (χ1v) is 23.0. The Morgan fingerprint density at radius 2 is 0.500 bits per heavy atom. The van der Waals surface area contributed by atoms with Crippen LogP contribution in [0, 0.1) is 0 Å². The Morgan fingerprint density at radius 3 is 0.818 bits per heavy atom. The minimum atomic E-state index is 0.975. The van der Waals surface area contributed by atoms with E-state index < -0.39 is 0 Å². The second-order valence-electron chi connectivity index (χ2n) is 16.0. The fourth-order valence-corrected chi connectivity index (χ4v) is 9.86. The molecule has 0 bridgehead atoms. The molecule has 0 aliphatic heterocycles. The third kappa shape index (κ3) is 8.11. The minimum Gasteiger partial charge on any atom is -0.311 e. The molecule has 4 nitrogen and oxygen atoms in total. The number of anilines is 9. The zero-order valence-electron chi connectivity index (χ0n) is 36.1. The summed E-state index contributed by atoms with van der Waals surface area (Å²) in [6, 6.07) is 94.4. The van der Waals surface area contributed by atoms with Gasteiger partial charge in [-0.1, -0.05) is 146 Å². The standard InChI is InChI=1S/C61H44N4S/c1-7-19-48(20-8-1)63(49-21-9-2-10-22-49)54-37-31-45(32-38-54)57-43-44-58(46-33-39-55(40-34-46)64(50-23-11-3-12-24-50)51-25-13-4-14-26-51)60-59(57)62-61(66-60)47-35-41-56(42-36-47)65(52-27-15-5-16-28-52)53-29-17-6-18-30-53/h1-44H. The zero-order valence-corrected chi connectivity index (χ0v) is 36.9. The Morgan fingerprint density at radius 1 is 0.242 bits per heavy atom. The molecule has 66 heavy (non-hydrogen) atoms. The molecule has 1 aromatic heterocycles. The lowest BCUT2D eigenvalue weighted by atomic mass is 9.98. The first-order valence-electron chi connectivity index (χ1n) is 22.2. The monoisotopic (exact) mass is 864 g/mol. The molecule has 0 amide bonds. The number of fused-ring (bicyclic) bond motifs is 1. The van der Waals surface area contributed by atoms with Crippen LogP contribution in [-0.4, -0.2) is 4.98 Å². The summed E-state index contributed by atoms with van der Waals surface area (Å²) in [6.07, 6.45) is 0. The highest BCUT2D eigenvalue weighted by atomic mass is 32.1. The van der Waals surface area contributed by atoms with E-state index >= 15 is 0 Å². The molecular weight excluding hydrogens is 821 g/mol. The van der Waals surface area contributed by atoms with E-state index in [1.54, 1.807) is 11.3 Å². The summed E-state index contributed by atoms with van der Waals surface area (Å²) in [4.78, 5) is 12.4. The van der Waals surface area contributed by atoms with Crippen molar-refractivity contribution in [2.24, 2.45) is 0 Å². The molecule has 0 aliphatic rings. The first kappa shape index (κ1) is 40.3. The molecule has 10 aromatic carbocycles. The fraction of sp³-hybridized carbons (Fsp3) is 0. The van der Waals surface area contributed by atoms with Crippen LogP contribution in [0.2, 0.25) is 0 Å². The van der Waals surface area contributed by atoms with Gasteiger partial charge in [-0.15, -0.1) is 11.3 Å². The van der Waals surface area contributed by atoms with Crippen LogP contribution >= 0.6 is 11.3 Å². The third-order valence-corrected chi connectivity index (χ3v) is 13.0. The van der Waals surface area contributed by atoms with E-state index in [1.165, 1.54) is 0 Å². The van der Waals surface area contributed by atoms with Crippen molar-refractivity contribution in [3.05, 3.63) is 267 Å². The molecule has 0 saturated heterocycles. The van der Waals surface area contributed by atoms with Crippen molar-refractivity contribution in [3.63, 3.8) is 0 Å². The maximum Gasteiger partial charge on any atom is 0.124 e. The van der Waals surface area contributed by atoms with Crippen molar-refractivity contribution in [2.75, 3.05) is 14.7 Å². The summed E-state index contributed by atoms with van der Waals surface area (Å²) < 4.78 is 1.15. The molecule has 0 spiro atoms. The van der Waals surface area contributed by atoms with E-state index in [0.717, 1.165) is 94.2 Å². The van der Waals surface area contributed by atoms with E-state index in [1.807, 2.05) is 0 Å². The fourth-order valence-electron chi connectivity index (χ4n) is 8.73. The van der Waals surface area contributed by atoms with Crippen LogP contribution < -0.4 is 14.7 Å². The maximum atomic E-state index is 5.50. The topological polar surface area (TPSA) is 22.6 Å². The maximum absolute atomic E-state index is 5.50. The van der Waals surface area contributed by atoms with Crippen molar-refractivity contribution in [2.45, 2.75) is 0 Å². The van der Waals surface area contributed by atoms with E-state index in [4.69, 9.17) is 4.98 Å². The van der Waals surface area contributed by atoms with Crippen molar-refractivity contribution in [1.82, 2.24) is 4.98 Å². The van der Waals surface area contributed by atoms with Crippen molar-refractivity contribution in [1.29, 1.82) is 0 Å². The average molecular weight is 865 g/mol. The van der Waals surface area contributed by atoms with Crippen LogP contribution in [0.25, 0.3) is 43.0 Å².